The fourth-order valence-electron chi connectivity index (χ4n) is 1.30. The van der Waals surface area contributed by atoms with Crippen molar-refractivity contribution in [1.82, 2.24) is 4.98 Å². The Kier molecular flexibility index (Phi) is 5.78. The molecule has 0 unspecified atom stereocenters. The lowest BCUT2D eigenvalue weighted by atomic mass is 10.2. The molecule has 15 heavy (non-hydrogen) atoms. The zero-order valence-electron chi connectivity index (χ0n) is 9.28. The smallest absolute Gasteiger partial charge is 0.213 e. The summed E-state index contributed by atoms with van der Waals surface area (Å²) in [6.07, 6.45) is 6.44. The maximum atomic E-state index is 8.82. The van der Waals surface area contributed by atoms with Gasteiger partial charge in [-0.05, 0) is 18.1 Å². The van der Waals surface area contributed by atoms with Crippen LogP contribution in [0.2, 0.25) is 0 Å². The highest BCUT2D eigenvalue weighted by atomic mass is 16.5. The quantitative estimate of drug-likeness (QED) is 0.702. The minimum Gasteiger partial charge on any atom is -0.478 e. The number of nitrogens with zero attached hydrogens (tertiary/aromatic N) is 1. The highest BCUT2D eigenvalue weighted by Gasteiger charge is 1.95. The van der Waals surface area contributed by atoms with E-state index >= 15 is 0 Å². The van der Waals surface area contributed by atoms with Gasteiger partial charge in [0.05, 0.1) is 13.2 Å². The fourth-order valence-corrected chi connectivity index (χ4v) is 1.30. The Hall–Kier alpha value is -1.09. The normalized spacial score (nSPS) is 10.3. The lowest BCUT2D eigenvalue weighted by Crippen LogP contribution is -1.99. The summed E-state index contributed by atoms with van der Waals surface area (Å²) >= 11 is 0. The molecule has 1 aromatic heterocycles. The van der Waals surface area contributed by atoms with Crippen molar-refractivity contribution in [3.05, 3.63) is 23.9 Å². The molecule has 3 heteroatoms. The second kappa shape index (κ2) is 7.23. The van der Waals surface area contributed by atoms with Crippen LogP contribution in [0.3, 0.4) is 0 Å². The first-order valence-corrected chi connectivity index (χ1v) is 5.55. The van der Waals surface area contributed by atoms with Crippen LogP contribution in [0.15, 0.2) is 18.3 Å². The summed E-state index contributed by atoms with van der Waals surface area (Å²) in [5.41, 5.74) is 0.813. The third-order valence-corrected chi connectivity index (χ3v) is 2.23. The molecule has 1 N–H and O–H groups in total. The molecular formula is C12H19NO2. The first-order chi connectivity index (χ1) is 7.36. The van der Waals surface area contributed by atoms with E-state index in [2.05, 4.69) is 11.9 Å². The number of hydrogen-bond donors (Lipinski definition) is 1. The van der Waals surface area contributed by atoms with Crippen molar-refractivity contribution in [2.75, 3.05) is 6.61 Å². The monoisotopic (exact) mass is 209 g/mol. The SMILES string of the molecule is CCCCCCOc1ccc(CO)cn1. The summed E-state index contributed by atoms with van der Waals surface area (Å²) in [6.45, 7) is 2.95. The highest BCUT2D eigenvalue weighted by molar-refractivity contribution is 5.16. The highest BCUT2D eigenvalue weighted by Crippen LogP contribution is 2.08. The molecule has 0 bridgehead atoms. The van der Waals surface area contributed by atoms with E-state index in [1.54, 1.807) is 12.3 Å². The molecule has 1 heterocycles. The number of pyridine rings is 1. The minimum absolute atomic E-state index is 0.0315. The molecule has 3 nitrogen and oxygen atoms in total. The topological polar surface area (TPSA) is 42.4 Å². The van der Waals surface area contributed by atoms with Crippen LogP contribution >= 0.6 is 0 Å². The van der Waals surface area contributed by atoms with E-state index in [-0.39, 0.29) is 6.61 Å². The van der Waals surface area contributed by atoms with Gasteiger partial charge in [-0.2, -0.15) is 0 Å². The average molecular weight is 209 g/mol. The van der Waals surface area contributed by atoms with Gasteiger partial charge in [-0.1, -0.05) is 26.2 Å². The van der Waals surface area contributed by atoms with Gasteiger partial charge in [0, 0.05) is 12.3 Å². The van der Waals surface area contributed by atoms with Crippen molar-refractivity contribution in [1.29, 1.82) is 0 Å². The molecule has 0 atom stereocenters. The molecule has 0 saturated carbocycles. The van der Waals surface area contributed by atoms with Crippen LogP contribution in [0.1, 0.15) is 38.2 Å². The number of aromatic nitrogens is 1. The van der Waals surface area contributed by atoms with E-state index in [1.165, 1.54) is 19.3 Å². The lowest BCUT2D eigenvalue weighted by molar-refractivity contribution is 0.278. The molecule has 0 spiro atoms. The summed E-state index contributed by atoms with van der Waals surface area (Å²) in [5.74, 6) is 0.642. The molecule has 0 amide bonds. The van der Waals surface area contributed by atoms with Crippen molar-refractivity contribution < 1.29 is 9.84 Å². The van der Waals surface area contributed by atoms with Crippen molar-refractivity contribution in [2.45, 2.75) is 39.2 Å². The van der Waals surface area contributed by atoms with Crippen LogP contribution in [-0.2, 0) is 6.61 Å². The van der Waals surface area contributed by atoms with Crippen molar-refractivity contribution in [3.8, 4) is 5.88 Å². The van der Waals surface area contributed by atoms with Gasteiger partial charge in [0.25, 0.3) is 0 Å². The van der Waals surface area contributed by atoms with Crippen LogP contribution in [0.4, 0.5) is 0 Å². The van der Waals surface area contributed by atoms with Gasteiger partial charge >= 0.3 is 0 Å². The molecule has 1 aromatic rings. The maximum Gasteiger partial charge on any atom is 0.213 e. The van der Waals surface area contributed by atoms with Gasteiger partial charge in [-0.25, -0.2) is 4.98 Å². The minimum atomic E-state index is 0.0315. The standard InChI is InChI=1S/C12H19NO2/c1-2-3-4-5-8-15-12-7-6-11(10-14)9-13-12/h6-7,9,14H,2-5,8,10H2,1H3. The number of aliphatic hydroxyl groups is 1. The number of hydrogen-bond acceptors (Lipinski definition) is 3. The lowest BCUT2D eigenvalue weighted by Gasteiger charge is -2.04. The predicted octanol–water partition coefficient (Wildman–Crippen LogP) is 2.53. The Bertz CT molecular complexity index is 259. The number of ether oxygens (including phenoxy) is 1. The molecule has 0 aromatic carbocycles. The van der Waals surface area contributed by atoms with Gasteiger partial charge < -0.3 is 9.84 Å². The van der Waals surface area contributed by atoms with E-state index in [9.17, 15) is 0 Å². The van der Waals surface area contributed by atoms with Crippen molar-refractivity contribution in [3.63, 3.8) is 0 Å². The fraction of sp³-hybridized carbons (Fsp3) is 0.583. The third kappa shape index (κ3) is 4.79. The Morgan fingerprint density at radius 2 is 2.13 bits per heavy atom. The van der Waals surface area contributed by atoms with E-state index < -0.39 is 0 Å². The molecule has 0 fully saturated rings. The van der Waals surface area contributed by atoms with E-state index in [0.29, 0.717) is 5.88 Å². The van der Waals surface area contributed by atoms with E-state index in [1.807, 2.05) is 6.07 Å². The Morgan fingerprint density at radius 1 is 1.27 bits per heavy atom. The van der Waals surface area contributed by atoms with Crippen LogP contribution in [-0.4, -0.2) is 16.7 Å². The Morgan fingerprint density at radius 3 is 2.73 bits per heavy atom. The zero-order chi connectivity index (χ0) is 10.9. The molecule has 1 rings (SSSR count). The second-order valence-corrected chi connectivity index (χ2v) is 3.57. The molecule has 0 aliphatic heterocycles. The van der Waals surface area contributed by atoms with E-state index in [4.69, 9.17) is 9.84 Å². The summed E-state index contributed by atoms with van der Waals surface area (Å²) in [5, 5.41) is 8.82. The molecule has 84 valence electrons. The van der Waals surface area contributed by atoms with Crippen molar-refractivity contribution >= 4 is 0 Å². The van der Waals surface area contributed by atoms with Crippen LogP contribution < -0.4 is 4.74 Å². The van der Waals surface area contributed by atoms with Gasteiger partial charge in [0.15, 0.2) is 0 Å². The molecule has 0 saturated heterocycles. The average Bonchev–Trinajstić information content (AvgIpc) is 2.30. The molecule has 0 radical (unpaired) electrons. The summed E-state index contributed by atoms with van der Waals surface area (Å²) in [4.78, 5) is 4.09. The van der Waals surface area contributed by atoms with Crippen molar-refractivity contribution in [2.24, 2.45) is 0 Å². The largest absolute Gasteiger partial charge is 0.478 e. The van der Waals surface area contributed by atoms with Gasteiger partial charge in [-0.15, -0.1) is 0 Å². The second-order valence-electron chi connectivity index (χ2n) is 3.57. The number of unbranched alkanes of at least 4 members (excludes halogenated alkanes) is 3. The summed E-state index contributed by atoms with van der Waals surface area (Å²) in [7, 11) is 0. The summed E-state index contributed by atoms with van der Waals surface area (Å²) in [6, 6.07) is 3.62. The third-order valence-electron chi connectivity index (χ3n) is 2.23. The van der Waals surface area contributed by atoms with Crippen LogP contribution in [0.25, 0.3) is 0 Å². The van der Waals surface area contributed by atoms with Crippen LogP contribution in [0, 0.1) is 0 Å². The Labute approximate surface area is 91.1 Å². The van der Waals surface area contributed by atoms with E-state index in [0.717, 1.165) is 18.6 Å². The zero-order valence-corrected chi connectivity index (χ0v) is 9.28. The predicted molar refractivity (Wildman–Crippen MR) is 59.8 cm³/mol. The maximum absolute atomic E-state index is 8.82. The summed E-state index contributed by atoms with van der Waals surface area (Å²) < 4.78 is 5.46. The first-order valence-electron chi connectivity index (χ1n) is 5.55. The van der Waals surface area contributed by atoms with Crippen LogP contribution in [0.5, 0.6) is 5.88 Å². The van der Waals surface area contributed by atoms with Gasteiger partial charge in [0.2, 0.25) is 5.88 Å². The number of aliphatic hydroxyl groups excluding tert-OH is 1. The van der Waals surface area contributed by atoms with Gasteiger partial charge in [-0.3, -0.25) is 0 Å². The molecule has 0 aliphatic carbocycles. The molecular weight excluding hydrogens is 190 g/mol. The Balaban J connectivity index is 2.20. The molecule has 0 aliphatic rings. The van der Waals surface area contributed by atoms with Gasteiger partial charge in [0.1, 0.15) is 0 Å². The first kappa shape index (κ1) is 12.0. The number of rotatable bonds is 7.